The van der Waals surface area contributed by atoms with Gasteiger partial charge in [-0.2, -0.15) is 10.2 Å². The Balaban J connectivity index is 1.67. The van der Waals surface area contributed by atoms with Crippen molar-refractivity contribution in [2.45, 2.75) is 13.3 Å². The van der Waals surface area contributed by atoms with E-state index in [0.717, 1.165) is 28.0 Å². The standard InChI is InChI=1S/C19H18N6O/c1-12-21-10-18(25(12)3)19(26)8-15-7-14-6-13(4-5-16(14)23-22-15)17-9-20-11-24(17)2/h4-7,9-11H,8H2,1-3H3. The van der Waals surface area contributed by atoms with Crippen molar-refractivity contribution in [3.05, 3.63) is 60.2 Å². The lowest BCUT2D eigenvalue weighted by Gasteiger charge is -2.06. The molecule has 0 N–H and O–H groups in total. The molecule has 130 valence electrons. The van der Waals surface area contributed by atoms with Crippen LogP contribution in [0, 0.1) is 6.92 Å². The van der Waals surface area contributed by atoms with E-state index in [1.807, 2.05) is 56.0 Å². The maximum absolute atomic E-state index is 12.5. The summed E-state index contributed by atoms with van der Waals surface area (Å²) >= 11 is 0. The van der Waals surface area contributed by atoms with Crippen molar-refractivity contribution in [1.82, 2.24) is 29.3 Å². The van der Waals surface area contributed by atoms with Crippen LogP contribution in [0.25, 0.3) is 22.2 Å². The van der Waals surface area contributed by atoms with Gasteiger partial charge in [-0.1, -0.05) is 6.07 Å². The van der Waals surface area contributed by atoms with E-state index in [1.54, 1.807) is 17.1 Å². The highest BCUT2D eigenvalue weighted by Crippen LogP contribution is 2.23. The lowest BCUT2D eigenvalue weighted by molar-refractivity contribution is 0.0983. The van der Waals surface area contributed by atoms with Gasteiger partial charge in [0.15, 0.2) is 5.78 Å². The van der Waals surface area contributed by atoms with Crippen molar-refractivity contribution < 1.29 is 4.79 Å². The molecule has 0 aliphatic heterocycles. The summed E-state index contributed by atoms with van der Waals surface area (Å²) in [5.41, 5.74) is 4.08. The first-order chi connectivity index (χ1) is 12.5. The Morgan fingerprint density at radius 2 is 1.96 bits per heavy atom. The molecule has 0 bridgehead atoms. The summed E-state index contributed by atoms with van der Waals surface area (Å²) in [6.45, 7) is 1.87. The van der Waals surface area contributed by atoms with Gasteiger partial charge in [-0.05, 0) is 25.1 Å². The van der Waals surface area contributed by atoms with E-state index >= 15 is 0 Å². The van der Waals surface area contributed by atoms with Gasteiger partial charge < -0.3 is 9.13 Å². The zero-order chi connectivity index (χ0) is 18.3. The van der Waals surface area contributed by atoms with E-state index < -0.39 is 0 Å². The fraction of sp³-hybridized carbons (Fsp3) is 0.211. The fourth-order valence-corrected chi connectivity index (χ4v) is 2.98. The number of nitrogens with zero attached hydrogens (tertiary/aromatic N) is 6. The van der Waals surface area contributed by atoms with Crippen molar-refractivity contribution >= 4 is 16.7 Å². The predicted octanol–water partition coefficient (Wildman–Crippen LogP) is 2.50. The molecule has 0 saturated heterocycles. The van der Waals surface area contributed by atoms with E-state index in [9.17, 15) is 4.79 Å². The molecular formula is C19H18N6O. The number of hydrogen-bond acceptors (Lipinski definition) is 5. The minimum Gasteiger partial charge on any atom is -0.334 e. The summed E-state index contributed by atoms with van der Waals surface area (Å²) < 4.78 is 3.75. The van der Waals surface area contributed by atoms with Crippen LogP contribution in [0.2, 0.25) is 0 Å². The second-order valence-corrected chi connectivity index (χ2v) is 6.35. The first-order valence-corrected chi connectivity index (χ1v) is 8.27. The van der Waals surface area contributed by atoms with Crippen LogP contribution in [-0.2, 0) is 20.5 Å². The molecule has 4 rings (SSSR count). The lowest BCUT2D eigenvalue weighted by atomic mass is 10.1. The molecule has 7 heteroatoms. The summed E-state index contributed by atoms with van der Waals surface area (Å²) in [7, 11) is 3.79. The van der Waals surface area contributed by atoms with Crippen molar-refractivity contribution in [2.24, 2.45) is 14.1 Å². The number of benzene rings is 1. The SMILES string of the molecule is Cc1ncc(C(=O)Cc2cc3cc(-c4cncn4C)ccc3nn2)n1C. The molecule has 0 atom stereocenters. The van der Waals surface area contributed by atoms with E-state index in [0.29, 0.717) is 11.4 Å². The minimum atomic E-state index is -0.0236. The summed E-state index contributed by atoms with van der Waals surface area (Å²) in [6.07, 6.45) is 5.39. The Morgan fingerprint density at radius 1 is 1.12 bits per heavy atom. The van der Waals surface area contributed by atoms with Gasteiger partial charge >= 0.3 is 0 Å². The topological polar surface area (TPSA) is 78.5 Å². The molecule has 1 aromatic carbocycles. The van der Waals surface area contributed by atoms with Crippen LogP contribution in [0.4, 0.5) is 0 Å². The number of ketones is 1. The maximum Gasteiger partial charge on any atom is 0.186 e. The maximum atomic E-state index is 12.5. The molecule has 3 heterocycles. The second kappa shape index (κ2) is 6.18. The quantitative estimate of drug-likeness (QED) is 0.531. The van der Waals surface area contributed by atoms with Gasteiger partial charge in [0.1, 0.15) is 11.5 Å². The Bertz CT molecular complexity index is 1120. The average Bonchev–Trinajstić information content (AvgIpc) is 3.20. The molecule has 0 unspecified atom stereocenters. The third kappa shape index (κ3) is 2.77. The van der Waals surface area contributed by atoms with E-state index in [4.69, 9.17) is 0 Å². The number of carbonyl (C=O) groups is 1. The summed E-state index contributed by atoms with van der Waals surface area (Å²) in [6, 6.07) is 7.89. The number of carbonyl (C=O) groups excluding carboxylic acids is 1. The van der Waals surface area contributed by atoms with Gasteiger partial charge in [-0.25, -0.2) is 9.97 Å². The first kappa shape index (κ1) is 16.1. The van der Waals surface area contributed by atoms with E-state index in [-0.39, 0.29) is 12.2 Å². The van der Waals surface area contributed by atoms with Gasteiger partial charge in [-0.15, -0.1) is 0 Å². The summed E-state index contributed by atoms with van der Waals surface area (Å²) in [4.78, 5) is 20.9. The Morgan fingerprint density at radius 3 is 2.65 bits per heavy atom. The number of rotatable bonds is 4. The van der Waals surface area contributed by atoms with Gasteiger partial charge in [0, 0.05) is 25.0 Å². The van der Waals surface area contributed by atoms with Crippen LogP contribution in [0.1, 0.15) is 22.0 Å². The Labute approximate surface area is 150 Å². The largest absolute Gasteiger partial charge is 0.334 e. The molecule has 0 saturated carbocycles. The van der Waals surface area contributed by atoms with Crippen molar-refractivity contribution in [2.75, 3.05) is 0 Å². The number of aryl methyl sites for hydroxylation is 2. The lowest BCUT2D eigenvalue weighted by Crippen LogP contribution is -2.11. The molecule has 0 aliphatic rings. The zero-order valence-electron chi connectivity index (χ0n) is 14.8. The first-order valence-electron chi connectivity index (χ1n) is 8.27. The number of imidazole rings is 2. The second-order valence-electron chi connectivity index (χ2n) is 6.35. The molecule has 0 aliphatic carbocycles. The van der Waals surface area contributed by atoms with Crippen molar-refractivity contribution in [3.8, 4) is 11.3 Å². The zero-order valence-corrected chi connectivity index (χ0v) is 14.8. The van der Waals surface area contributed by atoms with Crippen LogP contribution in [-0.4, -0.2) is 35.1 Å². The van der Waals surface area contributed by atoms with Gasteiger partial charge in [0.25, 0.3) is 0 Å². The van der Waals surface area contributed by atoms with Crippen LogP contribution in [0.5, 0.6) is 0 Å². The van der Waals surface area contributed by atoms with Crippen LogP contribution in [0.15, 0.2) is 43.0 Å². The molecule has 0 fully saturated rings. The number of aromatic nitrogens is 6. The van der Waals surface area contributed by atoms with Gasteiger partial charge in [0.05, 0.1) is 42.0 Å². The number of fused-ring (bicyclic) bond motifs is 1. The summed E-state index contributed by atoms with van der Waals surface area (Å²) in [5.74, 6) is 0.781. The number of hydrogen-bond donors (Lipinski definition) is 0. The molecular weight excluding hydrogens is 328 g/mol. The normalized spacial score (nSPS) is 11.2. The molecule has 3 aromatic heterocycles. The Kier molecular flexibility index (Phi) is 3.84. The van der Waals surface area contributed by atoms with Crippen LogP contribution >= 0.6 is 0 Å². The van der Waals surface area contributed by atoms with E-state index in [2.05, 4.69) is 20.2 Å². The monoisotopic (exact) mass is 346 g/mol. The highest BCUT2D eigenvalue weighted by Gasteiger charge is 2.14. The number of Topliss-reactive ketones (excluding diaryl/α,β-unsaturated/α-hetero) is 1. The molecule has 26 heavy (non-hydrogen) atoms. The fourth-order valence-electron chi connectivity index (χ4n) is 2.98. The smallest absolute Gasteiger partial charge is 0.186 e. The molecule has 0 spiro atoms. The molecule has 4 aromatic rings. The third-order valence-electron chi connectivity index (χ3n) is 4.60. The van der Waals surface area contributed by atoms with Gasteiger partial charge in [-0.3, -0.25) is 4.79 Å². The van der Waals surface area contributed by atoms with E-state index in [1.165, 1.54) is 0 Å². The van der Waals surface area contributed by atoms with Gasteiger partial charge in [0.2, 0.25) is 0 Å². The third-order valence-corrected chi connectivity index (χ3v) is 4.60. The van der Waals surface area contributed by atoms with Crippen LogP contribution < -0.4 is 0 Å². The molecule has 0 amide bonds. The van der Waals surface area contributed by atoms with Crippen LogP contribution in [0.3, 0.4) is 0 Å². The summed E-state index contributed by atoms with van der Waals surface area (Å²) in [5, 5.41) is 9.40. The van der Waals surface area contributed by atoms with Crippen molar-refractivity contribution in [1.29, 1.82) is 0 Å². The Hall–Kier alpha value is -3.35. The predicted molar refractivity (Wildman–Crippen MR) is 97.7 cm³/mol. The minimum absolute atomic E-state index is 0.0236. The molecule has 0 radical (unpaired) electrons. The molecule has 7 nitrogen and oxygen atoms in total. The average molecular weight is 346 g/mol. The van der Waals surface area contributed by atoms with Crippen molar-refractivity contribution in [3.63, 3.8) is 0 Å². The highest BCUT2D eigenvalue weighted by atomic mass is 16.1. The highest BCUT2D eigenvalue weighted by molar-refractivity contribution is 5.96.